The number of aromatic nitrogens is 2. The lowest BCUT2D eigenvalue weighted by Crippen LogP contribution is -2.53. The first-order chi connectivity index (χ1) is 17.4. The molecule has 1 amide bonds. The van der Waals surface area contributed by atoms with E-state index in [1.54, 1.807) is 0 Å². The number of carbonyl (C=O) groups is 1. The second kappa shape index (κ2) is 10.7. The molecule has 0 radical (unpaired) electrons. The molecular weight excluding hydrogens is 498 g/mol. The van der Waals surface area contributed by atoms with Gasteiger partial charge in [-0.3, -0.25) is 9.69 Å². The molecular formula is C26H30ClN5O3S. The molecule has 10 heteroatoms. The number of H-pyrrole nitrogens is 1. The molecule has 2 fully saturated rings. The van der Waals surface area contributed by atoms with Crippen molar-refractivity contribution in [1.29, 1.82) is 0 Å². The van der Waals surface area contributed by atoms with Crippen molar-refractivity contribution in [3.8, 4) is 0 Å². The first-order valence-corrected chi connectivity index (χ1v) is 14.1. The van der Waals surface area contributed by atoms with Gasteiger partial charge in [0.25, 0.3) is 10.0 Å². The Kier molecular flexibility index (Phi) is 7.43. The van der Waals surface area contributed by atoms with Crippen LogP contribution in [0.4, 0.5) is 0 Å². The molecule has 1 aromatic heterocycles. The van der Waals surface area contributed by atoms with E-state index in [0.717, 1.165) is 18.7 Å². The van der Waals surface area contributed by atoms with E-state index in [-0.39, 0.29) is 29.4 Å². The summed E-state index contributed by atoms with van der Waals surface area (Å²) in [5.74, 6) is -0.286. The number of nitrogens with zero attached hydrogens (tertiary/aromatic N) is 4. The minimum Gasteiger partial charge on any atom is -0.340 e. The SMILES string of the molecule is O=C([C@@H]1CCCN(S(=O)(=O)c2cnc[nH]2)C1)N1CCN([C@@H](c2ccccc2)c2ccc(Cl)cc2)CC1. The number of imidazole rings is 1. The first kappa shape index (κ1) is 25.0. The summed E-state index contributed by atoms with van der Waals surface area (Å²) in [7, 11) is -3.67. The molecule has 8 nitrogen and oxygen atoms in total. The molecule has 0 spiro atoms. The van der Waals surface area contributed by atoms with Gasteiger partial charge in [-0.1, -0.05) is 54.1 Å². The Balaban J connectivity index is 1.26. The molecule has 2 atom stereocenters. The Morgan fingerprint density at radius 2 is 1.67 bits per heavy atom. The number of hydrogen-bond donors (Lipinski definition) is 1. The summed E-state index contributed by atoms with van der Waals surface area (Å²) in [5.41, 5.74) is 2.36. The lowest BCUT2D eigenvalue weighted by Gasteiger charge is -2.41. The summed E-state index contributed by atoms with van der Waals surface area (Å²) in [4.78, 5) is 24.2. The Labute approximate surface area is 216 Å². The molecule has 2 aliphatic heterocycles. The van der Waals surface area contributed by atoms with E-state index in [2.05, 4.69) is 39.1 Å². The molecule has 190 valence electrons. The third kappa shape index (κ3) is 5.20. The monoisotopic (exact) mass is 527 g/mol. The zero-order valence-electron chi connectivity index (χ0n) is 20.0. The fraction of sp³-hybridized carbons (Fsp3) is 0.385. The van der Waals surface area contributed by atoms with Crippen molar-refractivity contribution in [3.63, 3.8) is 0 Å². The molecule has 2 aliphatic rings. The average Bonchev–Trinajstić information content (AvgIpc) is 3.47. The largest absolute Gasteiger partial charge is 0.340 e. The minimum absolute atomic E-state index is 0.0434. The number of rotatable bonds is 6. The molecule has 0 bridgehead atoms. The predicted molar refractivity (Wildman–Crippen MR) is 138 cm³/mol. The lowest BCUT2D eigenvalue weighted by molar-refractivity contribution is -0.138. The molecule has 1 N–H and O–H groups in total. The van der Waals surface area contributed by atoms with Crippen molar-refractivity contribution < 1.29 is 13.2 Å². The number of piperidine rings is 1. The molecule has 36 heavy (non-hydrogen) atoms. The van der Waals surface area contributed by atoms with Crippen LogP contribution in [0.15, 0.2) is 72.1 Å². The maximum Gasteiger partial charge on any atom is 0.260 e. The van der Waals surface area contributed by atoms with E-state index in [9.17, 15) is 13.2 Å². The fourth-order valence-electron chi connectivity index (χ4n) is 5.24. The van der Waals surface area contributed by atoms with Gasteiger partial charge in [0.1, 0.15) is 0 Å². The number of nitrogens with one attached hydrogen (secondary N) is 1. The maximum atomic E-state index is 13.4. The Bertz CT molecular complexity index is 1260. The fourth-order valence-corrected chi connectivity index (χ4v) is 6.78. The van der Waals surface area contributed by atoms with Crippen LogP contribution in [-0.4, -0.2) is 77.7 Å². The third-order valence-corrected chi connectivity index (χ3v) is 9.16. The van der Waals surface area contributed by atoms with Gasteiger partial charge in [-0.25, -0.2) is 13.4 Å². The summed E-state index contributed by atoms with van der Waals surface area (Å²) in [5, 5.41) is 0.774. The molecule has 0 unspecified atom stereocenters. The van der Waals surface area contributed by atoms with Crippen LogP contribution in [0.5, 0.6) is 0 Å². The third-order valence-electron chi connectivity index (χ3n) is 7.12. The van der Waals surface area contributed by atoms with E-state index < -0.39 is 10.0 Å². The number of sulfonamides is 1. The number of amides is 1. The number of benzene rings is 2. The van der Waals surface area contributed by atoms with Crippen molar-refractivity contribution in [2.45, 2.75) is 23.9 Å². The normalized spacial score (nSPS) is 20.8. The summed E-state index contributed by atoms with van der Waals surface area (Å²) in [6, 6.07) is 18.4. The highest BCUT2D eigenvalue weighted by atomic mass is 35.5. The Morgan fingerprint density at radius 1 is 0.972 bits per heavy atom. The highest BCUT2D eigenvalue weighted by Crippen LogP contribution is 2.31. The van der Waals surface area contributed by atoms with E-state index in [1.165, 1.54) is 22.4 Å². The highest BCUT2D eigenvalue weighted by Gasteiger charge is 2.37. The van der Waals surface area contributed by atoms with Crippen molar-refractivity contribution in [3.05, 3.63) is 83.3 Å². The molecule has 2 aromatic carbocycles. The van der Waals surface area contributed by atoms with Gasteiger partial charge in [-0.15, -0.1) is 0 Å². The molecule has 0 aliphatic carbocycles. The number of aromatic amines is 1. The zero-order valence-corrected chi connectivity index (χ0v) is 21.5. The predicted octanol–water partition coefficient (Wildman–Crippen LogP) is 3.40. The van der Waals surface area contributed by atoms with E-state index in [4.69, 9.17) is 11.6 Å². The minimum atomic E-state index is -3.67. The standard InChI is InChI=1S/C26H30ClN5O3S/c27-23-10-8-21(9-11-23)25(20-5-2-1-3-6-20)30-13-15-31(16-14-30)26(33)22-7-4-12-32(18-22)36(34,35)24-17-28-19-29-24/h1-3,5-6,8-11,17,19,22,25H,4,7,12-16,18H2,(H,28,29)/t22-,25+/m1/s1. The van der Waals surface area contributed by atoms with E-state index in [0.29, 0.717) is 37.5 Å². The Hall–Kier alpha value is -2.72. The number of piperazine rings is 1. The lowest BCUT2D eigenvalue weighted by atomic mass is 9.95. The smallest absolute Gasteiger partial charge is 0.260 e. The highest BCUT2D eigenvalue weighted by molar-refractivity contribution is 7.89. The van der Waals surface area contributed by atoms with Crippen molar-refractivity contribution in [2.75, 3.05) is 39.3 Å². The van der Waals surface area contributed by atoms with Crippen LogP contribution >= 0.6 is 11.6 Å². The summed E-state index contributed by atoms with van der Waals surface area (Å²) in [6.07, 6.45) is 4.03. The average molecular weight is 528 g/mol. The van der Waals surface area contributed by atoms with Crippen LogP contribution in [0, 0.1) is 5.92 Å². The second-order valence-electron chi connectivity index (χ2n) is 9.34. The van der Waals surface area contributed by atoms with Gasteiger partial charge >= 0.3 is 0 Å². The molecule has 2 saturated heterocycles. The van der Waals surface area contributed by atoms with Crippen LogP contribution in [-0.2, 0) is 14.8 Å². The van der Waals surface area contributed by atoms with E-state index in [1.807, 2.05) is 35.2 Å². The van der Waals surface area contributed by atoms with Crippen molar-refractivity contribution in [1.82, 2.24) is 24.1 Å². The van der Waals surface area contributed by atoms with Crippen LogP contribution in [0.2, 0.25) is 5.02 Å². The summed E-state index contributed by atoms with van der Waals surface area (Å²) in [6.45, 7) is 3.31. The number of halogens is 1. The second-order valence-corrected chi connectivity index (χ2v) is 11.7. The molecule has 3 aromatic rings. The van der Waals surface area contributed by atoms with Crippen LogP contribution in [0.1, 0.15) is 30.0 Å². The molecule has 5 rings (SSSR count). The number of carbonyl (C=O) groups excluding carboxylic acids is 1. The first-order valence-electron chi connectivity index (χ1n) is 12.3. The quantitative estimate of drug-likeness (QED) is 0.530. The van der Waals surface area contributed by atoms with Crippen LogP contribution in [0.25, 0.3) is 0 Å². The molecule has 0 saturated carbocycles. The van der Waals surface area contributed by atoms with Gasteiger partial charge in [0.05, 0.1) is 24.5 Å². The number of hydrogen-bond acceptors (Lipinski definition) is 5. The Morgan fingerprint density at radius 3 is 2.33 bits per heavy atom. The van der Waals surface area contributed by atoms with Gasteiger partial charge in [0, 0.05) is 44.3 Å². The molecule has 3 heterocycles. The van der Waals surface area contributed by atoms with Gasteiger partial charge in [0.15, 0.2) is 5.03 Å². The summed E-state index contributed by atoms with van der Waals surface area (Å²) < 4.78 is 27.2. The van der Waals surface area contributed by atoms with Gasteiger partial charge in [-0.05, 0) is 36.1 Å². The van der Waals surface area contributed by atoms with Crippen LogP contribution in [0.3, 0.4) is 0 Å². The van der Waals surface area contributed by atoms with Crippen molar-refractivity contribution in [2.24, 2.45) is 5.92 Å². The van der Waals surface area contributed by atoms with Gasteiger partial charge < -0.3 is 9.88 Å². The van der Waals surface area contributed by atoms with Crippen LogP contribution < -0.4 is 0 Å². The summed E-state index contributed by atoms with van der Waals surface area (Å²) >= 11 is 6.14. The van der Waals surface area contributed by atoms with Crippen molar-refractivity contribution >= 4 is 27.5 Å². The van der Waals surface area contributed by atoms with Gasteiger partial charge in [-0.2, -0.15) is 4.31 Å². The zero-order chi connectivity index (χ0) is 25.1. The topological polar surface area (TPSA) is 89.6 Å². The van der Waals surface area contributed by atoms with E-state index >= 15 is 0 Å². The maximum absolute atomic E-state index is 13.4. The van der Waals surface area contributed by atoms with Gasteiger partial charge in [0.2, 0.25) is 5.91 Å².